The number of Topliss-reactive ketones (excluding diaryl/α,β-unsaturated/α-hetero) is 1. The lowest BCUT2D eigenvalue weighted by Gasteiger charge is -2.22. The maximum Gasteiger partial charge on any atom is 0.190 e. The van der Waals surface area contributed by atoms with Crippen molar-refractivity contribution >= 4 is 5.78 Å². The molecule has 20 heavy (non-hydrogen) atoms. The lowest BCUT2D eigenvalue weighted by atomic mass is 10.1. The van der Waals surface area contributed by atoms with E-state index in [1.165, 1.54) is 0 Å². The number of hydrogen-bond donors (Lipinski definition) is 1. The Morgan fingerprint density at radius 3 is 2.95 bits per heavy atom. The third kappa shape index (κ3) is 2.91. The fourth-order valence-electron chi connectivity index (χ4n) is 2.41. The van der Waals surface area contributed by atoms with Crippen LogP contribution in [0.4, 0.5) is 0 Å². The predicted molar refractivity (Wildman–Crippen MR) is 73.4 cm³/mol. The molecule has 3 rings (SSSR count). The van der Waals surface area contributed by atoms with Gasteiger partial charge in [0.05, 0.1) is 18.7 Å². The van der Waals surface area contributed by atoms with Crippen LogP contribution in [-0.4, -0.2) is 38.9 Å². The molecular weight excluding hydrogens is 254 g/mol. The highest BCUT2D eigenvalue weighted by molar-refractivity contribution is 5.95. The molecule has 1 N–H and O–H groups in total. The maximum atomic E-state index is 12.1. The zero-order valence-corrected chi connectivity index (χ0v) is 11.2. The third-order valence-electron chi connectivity index (χ3n) is 3.55. The molecule has 6 nitrogen and oxygen atoms in total. The van der Waals surface area contributed by atoms with Gasteiger partial charge in [-0.25, -0.2) is 4.68 Å². The van der Waals surface area contributed by atoms with Crippen molar-refractivity contribution in [3.63, 3.8) is 0 Å². The zero-order valence-electron chi connectivity index (χ0n) is 11.2. The lowest BCUT2D eigenvalue weighted by molar-refractivity contribution is 0.0987. The molecule has 104 valence electrons. The van der Waals surface area contributed by atoms with Gasteiger partial charge in [-0.1, -0.05) is 11.3 Å². The van der Waals surface area contributed by atoms with Gasteiger partial charge in [0.15, 0.2) is 5.78 Å². The Kier molecular flexibility index (Phi) is 3.83. The van der Waals surface area contributed by atoms with Crippen molar-refractivity contribution in [2.45, 2.75) is 25.3 Å². The Morgan fingerprint density at radius 2 is 2.20 bits per heavy atom. The Hall–Kier alpha value is -2.08. The lowest BCUT2D eigenvalue weighted by Crippen LogP contribution is -2.29. The van der Waals surface area contributed by atoms with Crippen LogP contribution in [0, 0.1) is 0 Å². The van der Waals surface area contributed by atoms with Gasteiger partial charge in [-0.05, 0) is 38.1 Å². The SMILES string of the molecule is O=C(Cc1ccccn1)c1cn(C2CCNCC2)nn1. The number of rotatable bonds is 4. The molecule has 0 aromatic carbocycles. The summed E-state index contributed by atoms with van der Waals surface area (Å²) in [7, 11) is 0. The number of hydrogen-bond acceptors (Lipinski definition) is 5. The van der Waals surface area contributed by atoms with E-state index < -0.39 is 0 Å². The summed E-state index contributed by atoms with van der Waals surface area (Å²) >= 11 is 0. The molecular formula is C14H17N5O. The summed E-state index contributed by atoms with van der Waals surface area (Å²) in [6, 6.07) is 5.90. The number of carbonyl (C=O) groups excluding carboxylic acids is 1. The molecule has 0 bridgehead atoms. The summed E-state index contributed by atoms with van der Waals surface area (Å²) in [4.78, 5) is 16.3. The van der Waals surface area contributed by atoms with E-state index in [0.717, 1.165) is 31.6 Å². The largest absolute Gasteiger partial charge is 0.317 e. The van der Waals surface area contributed by atoms with E-state index in [2.05, 4.69) is 20.6 Å². The fourth-order valence-corrected chi connectivity index (χ4v) is 2.41. The molecule has 1 aliphatic heterocycles. The summed E-state index contributed by atoms with van der Waals surface area (Å²) < 4.78 is 1.83. The van der Waals surface area contributed by atoms with Crippen LogP contribution >= 0.6 is 0 Å². The molecule has 1 saturated heterocycles. The number of nitrogens with one attached hydrogen (secondary N) is 1. The highest BCUT2D eigenvalue weighted by Crippen LogP contribution is 2.17. The normalized spacial score (nSPS) is 16.2. The van der Waals surface area contributed by atoms with Gasteiger partial charge in [-0.15, -0.1) is 5.10 Å². The quantitative estimate of drug-likeness (QED) is 0.841. The van der Waals surface area contributed by atoms with Crippen molar-refractivity contribution in [1.29, 1.82) is 0 Å². The zero-order chi connectivity index (χ0) is 13.8. The second kappa shape index (κ2) is 5.92. The van der Waals surface area contributed by atoms with Gasteiger partial charge in [-0.2, -0.15) is 0 Å². The molecule has 2 aromatic heterocycles. The average molecular weight is 271 g/mol. The van der Waals surface area contributed by atoms with Gasteiger partial charge in [0.1, 0.15) is 5.69 Å². The standard InChI is InChI=1S/C14H17N5O/c20-14(9-11-3-1-2-6-16-11)13-10-19(18-17-13)12-4-7-15-8-5-12/h1-3,6,10,12,15H,4-5,7-9H2. The molecule has 1 fully saturated rings. The molecule has 3 heterocycles. The minimum Gasteiger partial charge on any atom is -0.317 e. The summed E-state index contributed by atoms with van der Waals surface area (Å²) in [6.45, 7) is 1.98. The van der Waals surface area contributed by atoms with Crippen LogP contribution in [-0.2, 0) is 6.42 Å². The van der Waals surface area contributed by atoms with E-state index in [1.54, 1.807) is 12.4 Å². The van der Waals surface area contributed by atoms with Crippen LogP contribution in [0.5, 0.6) is 0 Å². The Labute approximate surface area is 117 Å². The molecule has 0 spiro atoms. The molecule has 2 aromatic rings. The summed E-state index contributed by atoms with van der Waals surface area (Å²) in [5, 5.41) is 11.4. The van der Waals surface area contributed by atoms with Gasteiger partial charge < -0.3 is 5.32 Å². The van der Waals surface area contributed by atoms with Crippen molar-refractivity contribution < 1.29 is 4.79 Å². The van der Waals surface area contributed by atoms with Crippen LogP contribution in [0.3, 0.4) is 0 Å². The predicted octanol–water partition coefficient (Wildman–Crippen LogP) is 1.02. The van der Waals surface area contributed by atoms with Crippen molar-refractivity contribution in [2.75, 3.05) is 13.1 Å². The summed E-state index contributed by atoms with van der Waals surface area (Å²) in [6.07, 6.45) is 5.77. The highest BCUT2D eigenvalue weighted by atomic mass is 16.1. The first-order valence-corrected chi connectivity index (χ1v) is 6.88. The maximum absolute atomic E-state index is 12.1. The van der Waals surface area contributed by atoms with E-state index in [-0.39, 0.29) is 12.2 Å². The Bertz CT molecular complexity index is 574. The van der Waals surface area contributed by atoms with Crippen LogP contribution in [0.15, 0.2) is 30.6 Å². The number of aromatic nitrogens is 4. The first kappa shape index (κ1) is 12.9. The van der Waals surface area contributed by atoms with Gasteiger partial charge in [0, 0.05) is 11.9 Å². The average Bonchev–Trinajstić information content (AvgIpc) is 2.99. The van der Waals surface area contributed by atoms with Crippen molar-refractivity contribution in [3.8, 4) is 0 Å². The number of carbonyl (C=O) groups is 1. The van der Waals surface area contributed by atoms with Gasteiger partial charge >= 0.3 is 0 Å². The second-order valence-electron chi connectivity index (χ2n) is 4.99. The molecule has 0 radical (unpaired) electrons. The van der Waals surface area contributed by atoms with E-state index in [1.807, 2.05) is 22.9 Å². The fraction of sp³-hybridized carbons (Fsp3) is 0.429. The molecule has 0 atom stereocenters. The van der Waals surface area contributed by atoms with Gasteiger partial charge in [0.2, 0.25) is 0 Å². The first-order valence-electron chi connectivity index (χ1n) is 6.88. The van der Waals surface area contributed by atoms with Gasteiger partial charge in [0.25, 0.3) is 0 Å². The van der Waals surface area contributed by atoms with E-state index in [0.29, 0.717) is 11.7 Å². The molecule has 0 saturated carbocycles. The highest BCUT2D eigenvalue weighted by Gasteiger charge is 2.18. The number of ketones is 1. The number of piperidine rings is 1. The minimum atomic E-state index is -0.0381. The second-order valence-corrected chi connectivity index (χ2v) is 4.99. The molecule has 0 amide bonds. The number of nitrogens with zero attached hydrogens (tertiary/aromatic N) is 4. The molecule has 6 heteroatoms. The van der Waals surface area contributed by atoms with Crippen LogP contribution in [0.25, 0.3) is 0 Å². The Morgan fingerprint density at radius 1 is 1.35 bits per heavy atom. The van der Waals surface area contributed by atoms with Crippen LogP contribution in [0.2, 0.25) is 0 Å². The van der Waals surface area contributed by atoms with Crippen molar-refractivity contribution in [2.24, 2.45) is 0 Å². The van der Waals surface area contributed by atoms with E-state index in [4.69, 9.17) is 0 Å². The number of pyridine rings is 1. The van der Waals surface area contributed by atoms with E-state index >= 15 is 0 Å². The smallest absolute Gasteiger partial charge is 0.190 e. The molecule has 0 aliphatic carbocycles. The summed E-state index contributed by atoms with van der Waals surface area (Å²) in [5.41, 5.74) is 1.18. The monoisotopic (exact) mass is 271 g/mol. The van der Waals surface area contributed by atoms with Gasteiger partial charge in [-0.3, -0.25) is 9.78 Å². The minimum absolute atomic E-state index is 0.0381. The molecule has 0 unspecified atom stereocenters. The van der Waals surface area contributed by atoms with Crippen LogP contribution < -0.4 is 5.32 Å². The first-order chi connectivity index (χ1) is 9.83. The van der Waals surface area contributed by atoms with Crippen LogP contribution in [0.1, 0.15) is 35.1 Å². The summed E-state index contributed by atoms with van der Waals surface area (Å²) in [5.74, 6) is -0.0381. The van der Waals surface area contributed by atoms with Crippen molar-refractivity contribution in [1.82, 2.24) is 25.3 Å². The molecule has 1 aliphatic rings. The topological polar surface area (TPSA) is 72.7 Å². The third-order valence-corrected chi connectivity index (χ3v) is 3.55. The Balaban J connectivity index is 1.68. The van der Waals surface area contributed by atoms with Crippen molar-refractivity contribution in [3.05, 3.63) is 42.0 Å². The van der Waals surface area contributed by atoms with E-state index in [9.17, 15) is 4.79 Å².